The molecule has 0 aromatic heterocycles. The molecule has 2 aliphatic rings. The Morgan fingerprint density at radius 2 is 2.00 bits per heavy atom. The van der Waals surface area contributed by atoms with Crippen LogP contribution in [0.15, 0.2) is 24.3 Å². The topological polar surface area (TPSA) is 107 Å². The van der Waals surface area contributed by atoms with Gasteiger partial charge in [0.25, 0.3) is 0 Å². The number of ether oxygens (including phenoxy) is 1. The van der Waals surface area contributed by atoms with Crippen LogP contribution in [0.3, 0.4) is 0 Å². The van der Waals surface area contributed by atoms with Crippen LogP contribution in [0.4, 0.5) is 0 Å². The Kier molecular flexibility index (Phi) is 4.68. The lowest BCUT2D eigenvalue weighted by Gasteiger charge is -2.32. The zero-order valence-corrected chi connectivity index (χ0v) is 12.2. The van der Waals surface area contributed by atoms with Gasteiger partial charge in [-0.25, -0.2) is 9.59 Å². The highest BCUT2D eigenvalue weighted by Crippen LogP contribution is 2.43. The summed E-state index contributed by atoms with van der Waals surface area (Å²) in [6, 6.07) is 7.83. The Hall–Kier alpha value is -2.12. The minimum absolute atomic E-state index is 0.389. The van der Waals surface area contributed by atoms with Gasteiger partial charge < -0.3 is 20.1 Å². The van der Waals surface area contributed by atoms with Gasteiger partial charge in [-0.1, -0.05) is 12.1 Å². The second-order valence-corrected chi connectivity index (χ2v) is 5.49. The Morgan fingerprint density at radius 1 is 1.32 bits per heavy atom. The maximum Gasteiger partial charge on any atom is 0.414 e. The van der Waals surface area contributed by atoms with Crippen molar-refractivity contribution in [2.24, 2.45) is 5.92 Å². The van der Waals surface area contributed by atoms with Crippen molar-refractivity contribution in [3.05, 3.63) is 29.8 Å². The van der Waals surface area contributed by atoms with Gasteiger partial charge >= 0.3 is 11.9 Å². The minimum Gasteiger partial charge on any atom is -0.497 e. The molecule has 0 spiro atoms. The fraction of sp³-hybridized carbons (Fsp3) is 0.467. The van der Waals surface area contributed by atoms with Gasteiger partial charge in [0.1, 0.15) is 11.4 Å². The smallest absolute Gasteiger partial charge is 0.414 e. The number of carboxylic acid groups (broad SMARTS) is 2. The monoisotopic (exact) mass is 309 g/mol. The van der Waals surface area contributed by atoms with Crippen LogP contribution in [0.25, 0.3) is 0 Å². The van der Waals surface area contributed by atoms with E-state index in [1.54, 1.807) is 7.11 Å². The number of hydrogen-bond donors (Lipinski definition) is 3. The molecule has 2 fully saturated rings. The zero-order valence-electron chi connectivity index (χ0n) is 12.2. The molecular formula is C15H19NO6. The molecular weight excluding hydrogens is 290 g/mol. The molecule has 1 aromatic rings. The van der Waals surface area contributed by atoms with Crippen molar-refractivity contribution in [3.8, 4) is 5.75 Å². The number of benzene rings is 1. The largest absolute Gasteiger partial charge is 0.497 e. The summed E-state index contributed by atoms with van der Waals surface area (Å²) in [5, 5.41) is 25.6. The third-order valence-electron chi connectivity index (χ3n) is 4.16. The van der Waals surface area contributed by atoms with Crippen molar-refractivity contribution in [3.63, 3.8) is 0 Å². The van der Waals surface area contributed by atoms with E-state index in [4.69, 9.17) is 24.5 Å². The van der Waals surface area contributed by atoms with Crippen LogP contribution in [0.2, 0.25) is 0 Å². The normalized spacial score (nSPS) is 28.6. The average Bonchev–Trinajstić information content (AvgIpc) is 3.08. The highest BCUT2D eigenvalue weighted by molar-refractivity contribution is 6.27. The lowest BCUT2D eigenvalue weighted by Crippen LogP contribution is -2.39. The standard InChI is InChI=1S/C13H17NO2.C2H2O4/c1-16-12-4-2-3-10(7-12)13(15)9-14-6-5-11(13)8-14;3-1(4)2(5)6/h2-4,7,11,15H,5-6,8-9H2,1H3;(H,3,4)(H,5,6). The summed E-state index contributed by atoms with van der Waals surface area (Å²) in [5.74, 6) is -2.44. The van der Waals surface area contributed by atoms with Crippen molar-refractivity contribution < 1.29 is 29.6 Å². The van der Waals surface area contributed by atoms with Crippen LogP contribution in [0.5, 0.6) is 5.75 Å². The molecule has 0 aliphatic carbocycles. The number of hydrogen-bond acceptors (Lipinski definition) is 5. The molecule has 7 nitrogen and oxygen atoms in total. The number of aliphatic hydroxyl groups is 1. The van der Waals surface area contributed by atoms with Crippen molar-refractivity contribution in [2.75, 3.05) is 26.7 Å². The van der Waals surface area contributed by atoms with Crippen molar-refractivity contribution in [1.29, 1.82) is 0 Å². The molecule has 7 heteroatoms. The number of rotatable bonds is 2. The number of carbonyl (C=O) groups is 2. The lowest BCUT2D eigenvalue weighted by molar-refractivity contribution is -0.159. The van der Waals surface area contributed by atoms with Gasteiger partial charge in [0.15, 0.2) is 0 Å². The van der Waals surface area contributed by atoms with E-state index in [0.717, 1.165) is 37.4 Å². The Labute approximate surface area is 127 Å². The first-order valence-electron chi connectivity index (χ1n) is 6.92. The number of aliphatic carboxylic acids is 2. The predicted molar refractivity (Wildman–Crippen MR) is 76.7 cm³/mol. The van der Waals surface area contributed by atoms with Gasteiger partial charge in [-0.3, -0.25) is 4.90 Å². The second-order valence-electron chi connectivity index (χ2n) is 5.49. The van der Waals surface area contributed by atoms with Gasteiger partial charge in [0, 0.05) is 19.0 Å². The molecule has 120 valence electrons. The molecule has 3 unspecified atom stereocenters. The molecule has 2 bridgehead atoms. The van der Waals surface area contributed by atoms with Gasteiger partial charge in [-0.15, -0.1) is 0 Å². The number of piperidine rings is 1. The fourth-order valence-electron chi connectivity index (χ4n) is 3.06. The first-order valence-corrected chi connectivity index (χ1v) is 6.92. The van der Waals surface area contributed by atoms with Crippen LogP contribution in [-0.2, 0) is 15.2 Å². The van der Waals surface area contributed by atoms with Crippen LogP contribution in [0.1, 0.15) is 12.0 Å². The van der Waals surface area contributed by atoms with Crippen LogP contribution >= 0.6 is 0 Å². The Morgan fingerprint density at radius 3 is 2.45 bits per heavy atom. The number of fused-ring (bicyclic) bond motifs is 2. The summed E-state index contributed by atoms with van der Waals surface area (Å²) >= 11 is 0. The van der Waals surface area contributed by atoms with Crippen LogP contribution < -0.4 is 4.74 Å². The van der Waals surface area contributed by atoms with Crippen LogP contribution in [-0.4, -0.2) is 58.9 Å². The van der Waals surface area contributed by atoms with E-state index < -0.39 is 17.5 Å². The molecule has 1 aromatic carbocycles. The molecule has 2 aliphatic heterocycles. The SMILES string of the molecule is COc1cccc(C2(O)CN3CCC2C3)c1.O=C(O)C(=O)O. The maximum atomic E-state index is 10.8. The van der Waals surface area contributed by atoms with E-state index in [0.29, 0.717) is 5.92 Å². The van der Waals surface area contributed by atoms with E-state index in [9.17, 15) is 5.11 Å². The summed E-state index contributed by atoms with van der Waals surface area (Å²) in [4.78, 5) is 20.5. The summed E-state index contributed by atoms with van der Waals surface area (Å²) in [7, 11) is 1.66. The van der Waals surface area contributed by atoms with E-state index in [1.807, 2.05) is 24.3 Å². The highest BCUT2D eigenvalue weighted by Gasteiger charge is 2.49. The Balaban J connectivity index is 0.000000254. The van der Waals surface area contributed by atoms with Gasteiger partial charge in [0.2, 0.25) is 0 Å². The van der Waals surface area contributed by atoms with Gasteiger partial charge in [0.05, 0.1) is 7.11 Å². The number of carboxylic acids is 2. The third kappa shape index (κ3) is 3.20. The fourth-order valence-corrected chi connectivity index (χ4v) is 3.06. The first kappa shape index (κ1) is 16.3. The van der Waals surface area contributed by atoms with Crippen molar-refractivity contribution >= 4 is 11.9 Å². The molecule has 2 heterocycles. The van der Waals surface area contributed by atoms with E-state index >= 15 is 0 Å². The summed E-state index contributed by atoms with van der Waals surface area (Å²) in [6.07, 6.45) is 1.10. The molecule has 0 saturated carbocycles. The quantitative estimate of drug-likeness (QED) is 0.678. The van der Waals surface area contributed by atoms with Gasteiger partial charge in [-0.05, 0) is 30.7 Å². The number of nitrogens with zero attached hydrogens (tertiary/aromatic N) is 1. The second kappa shape index (κ2) is 6.33. The van der Waals surface area contributed by atoms with E-state index in [2.05, 4.69) is 4.90 Å². The Bertz CT molecular complexity index is 563. The van der Waals surface area contributed by atoms with E-state index in [1.165, 1.54) is 0 Å². The van der Waals surface area contributed by atoms with Gasteiger partial charge in [-0.2, -0.15) is 0 Å². The van der Waals surface area contributed by atoms with Crippen molar-refractivity contribution in [1.82, 2.24) is 4.90 Å². The summed E-state index contributed by atoms with van der Waals surface area (Å²) < 4.78 is 5.21. The molecule has 0 radical (unpaired) electrons. The minimum atomic E-state index is -1.82. The maximum absolute atomic E-state index is 10.8. The molecule has 2 saturated heterocycles. The molecule has 3 atom stereocenters. The molecule has 3 N–H and O–H groups in total. The first-order chi connectivity index (χ1) is 10.4. The number of methoxy groups -OCH3 is 1. The van der Waals surface area contributed by atoms with E-state index in [-0.39, 0.29) is 0 Å². The summed E-state index contributed by atoms with van der Waals surface area (Å²) in [6.45, 7) is 2.94. The summed E-state index contributed by atoms with van der Waals surface area (Å²) in [5.41, 5.74) is 0.339. The average molecular weight is 309 g/mol. The highest BCUT2D eigenvalue weighted by atomic mass is 16.5. The predicted octanol–water partition coefficient (Wildman–Crippen LogP) is 0.374. The molecule has 3 rings (SSSR count). The van der Waals surface area contributed by atoms with Crippen LogP contribution in [0, 0.1) is 5.92 Å². The molecule has 0 amide bonds. The zero-order chi connectivity index (χ0) is 16.3. The van der Waals surface area contributed by atoms with Crippen molar-refractivity contribution in [2.45, 2.75) is 12.0 Å². The third-order valence-corrected chi connectivity index (χ3v) is 4.16. The molecule has 22 heavy (non-hydrogen) atoms. The lowest BCUT2D eigenvalue weighted by atomic mass is 9.81.